The minimum absolute atomic E-state index is 0.576. The molecule has 1 nitrogen and oxygen atoms in total. The topological polar surface area (TPSA) is 9.23 Å². The van der Waals surface area contributed by atoms with Gasteiger partial charge >= 0.3 is 0 Å². The maximum Gasteiger partial charge on any atom is 0.122 e. The van der Waals surface area contributed by atoms with Gasteiger partial charge in [0.25, 0.3) is 0 Å². The fourth-order valence-electron chi connectivity index (χ4n) is 1.96. The van der Waals surface area contributed by atoms with E-state index >= 15 is 0 Å². The highest BCUT2D eigenvalue weighted by Crippen LogP contribution is 2.19. The van der Waals surface area contributed by atoms with Crippen molar-refractivity contribution >= 4 is 13.3 Å². The summed E-state index contributed by atoms with van der Waals surface area (Å²) in [5, 5.41) is 0. The third-order valence-corrected chi connectivity index (χ3v) is 3.05. The van der Waals surface area contributed by atoms with E-state index in [4.69, 9.17) is 12.6 Å². The van der Waals surface area contributed by atoms with Crippen molar-refractivity contribution in [1.82, 2.24) is 0 Å². The Labute approximate surface area is 110 Å². The average molecular weight is 236 g/mol. The van der Waals surface area contributed by atoms with Crippen molar-refractivity contribution in [3.8, 4) is 5.75 Å². The molecule has 0 amide bonds. The zero-order valence-electron chi connectivity index (χ0n) is 10.9. The first-order chi connectivity index (χ1) is 8.70. The molecule has 0 atom stereocenters. The van der Waals surface area contributed by atoms with Crippen molar-refractivity contribution in [3.63, 3.8) is 0 Å². The standard InChI is InChI=1S/C16H17BO/c1-3-14-9-12(2)16(10-15(14)17)18-11-13-7-5-4-6-8-13/h4-10H,3,11H2,1-2H3. The minimum Gasteiger partial charge on any atom is -0.489 e. The molecule has 2 aromatic rings. The van der Waals surface area contributed by atoms with E-state index in [0.717, 1.165) is 28.8 Å². The number of benzene rings is 2. The molecule has 0 saturated heterocycles. The molecule has 2 rings (SSSR count). The minimum atomic E-state index is 0.576. The molecule has 2 heteroatoms. The first-order valence-electron chi connectivity index (χ1n) is 6.26. The van der Waals surface area contributed by atoms with E-state index in [1.54, 1.807) is 0 Å². The molecule has 90 valence electrons. The molecular weight excluding hydrogens is 219 g/mol. The van der Waals surface area contributed by atoms with Gasteiger partial charge in [-0.05, 0) is 30.5 Å². The van der Waals surface area contributed by atoms with Crippen LogP contribution in [0.3, 0.4) is 0 Å². The second-order valence-electron chi connectivity index (χ2n) is 4.44. The lowest BCUT2D eigenvalue weighted by Gasteiger charge is -2.13. The predicted octanol–water partition coefficient (Wildman–Crippen LogP) is 2.93. The van der Waals surface area contributed by atoms with Gasteiger partial charge in [0.05, 0.1) is 0 Å². The Kier molecular flexibility index (Phi) is 4.09. The summed E-state index contributed by atoms with van der Waals surface area (Å²) in [6.45, 7) is 4.74. The van der Waals surface area contributed by atoms with Gasteiger partial charge in [-0.25, -0.2) is 0 Å². The summed E-state index contributed by atoms with van der Waals surface area (Å²) in [6.07, 6.45) is 0.950. The van der Waals surface area contributed by atoms with Crippen LogP contribution in [0.5, 0.6) is 5.75 Å². The van der Waals surface area contributed by atoms with Crippen LogP contribution in [0.15, 0.2) is 42.5 Å². The molecule has 0 aromatic heterocycles. The van der Waals surface area contributed by atoms with Crippen LogP contribution in [0.1, 0.15) is 23.6 Å². The van der Waals surface area contributed by atoms with Crippen LogP contribution in [0.4, 0.5) is 0 Å². The maximum atomic E-state index is 5.99. The van der Waals surface area contributed by atoms with E-state index in [1.807, 2.05) is 24.3 Å². The number of hydrogen-bond acceptors (Lipinski definition) is 1. The van der Waals surface area contributed by atoms with Gasteiger partial charge < -0.3 is 4.74 Å². The first-order valence-corrected chi connectivity index (χ1v) is 6.26. The number of ether oxygens (including phenoxy) is 1. The zero-order chi connectivity index (χ0) is 13.0. The quantitative estimate of drug-likeness (QED) is 0.741. The van der Waals surface area contributed by atoms with Gasteiger partial charge in [-0.2, -0.15) is 0 Å². The van der Waals surface area contributed by atoms with Crippen molar-refractivity contribution in [1.29, 1.82) is 0 Å². The van der Waals surface area contributed by atoms with Crippen molar-refractivity contribution in [2.75, 3.05) is 0 Å². The third-order valence-electron chi connectivity index (χ3n) is 3.05. The monoisotopic (exact) mass is 236 g/mol. The Hall–Kier alpha value is -1.70. The van der Waals surface area contributed by atoms with E-state index in [2.05, 4.69) is 32.0 Å². The lowest BCUT2D eigenvalue weighted by Crippen LogP contribution is -2.11. The van der Waals surface area contributed by atoms with Crippen LogP contribution in [-0.2, 0) is 13.0 Å². The largest absolute Gasteiger partial charge is 0.489 e. The highest BCUT2D eigenvalue weighted by atomic mass is 16.5. The normalized spacial score (nSPS) is 10.3. The second kappa shape index (κ2) is 5.77. The summed E-state index contributed by atoms with van der Waals surface area (Å²) in [5.74, 6) is 0.869. The third kappa shape index (κ3) is 2.95. The van der Waals surface area contributed by atoms with Crippen LogP contribution in [0, 0.1) is 6.92 Å². The molecule has 0 saturated carbocycles. The van der Waals surface area contributed by atoms with Crippen LogP contribution >= 0.6 is 0 Å². The Morgan fingerprint density at radius 2 is 1.83 bits per heavy atom. The zero-order valence-corrected chi connectivity index (χ0v) is 10.9. The second-order valence-corrected chi connectivity index (χ2v) is 4.44. The smallest absolute Gasteiger partial charge is 0.122 e. The summed E-state index contributed by atoms with van der Waals surface area (Å²) >= 11 is 0. The van der Waals surface area contributed by atoms with Crippen molar-refractivity contribution in [3.05, 3.63) is 59.2 Å². The van der Waals surface area contributed by atoms with Gasteiger partial charge in [-0.15, -0.1) is 0 Å². The van der Waals surface area contributed by atoms with E-state index in [1.165, 1.54) is 5.56 Å². The van der Waals surface area contributed by atoms with E-state index in [9.17, 15) is 0 Å². The molecule has 0 spiro atoms. The Bertz CT molecular complexity index is 520. The van der Waals surface area contributed by atoms with Crippen molar-refractivity contribution < 1.29 is 4.74 Å². The molecule has 0 heterocycles. The molecule has 0 aliphatic rings. The Balaban J connectivity index is 2.13. The molecule has 0 N–H and O–H groups in total. The van der Waals surface area contributed by atoms with Crippen LogP contribution in [0.25, 0.3) is 0 Å². The molecule has 0 fully saturated rings. The van der Waals surface area contributed by atoms with Gasteiger partial charge in [-0.3, -0.25) is 0 Å². The van der Waals surface area contributed by atoms with Gasteiger partial charge in [0.1, 0.15) is 20.2 Å². The SMILES string of the molecule is [B]c1cc(OCc2ccccc2)c(C)cc1CC. The molecule has 0 aliphatic heterocycles. The molecule has 0 bridgehead atoms. The summed E-state index contributed by atoms with van der Waals surface area (Å²) in [6, 6.07) is 14.2. The maximum absolute atomic E-state index is 5.99. The number of aryl methyl sites for hydroxylation is 2. The first kappa shape index (κ1) is 12.8. The lowest BCUT2D eigenvalue weighted by atomic mass is 9.88. The predicted molar refractivity (Wildman–Crippen MR) is 76.7 cm³/mol. The highest BCUT2D eigenvalue weighted by Gasteiger charge is 2.04. The Morgan fingerprint density at radius 3 is 2.50 bits per heavy atom. The van der Waals surface area contributed by atoms with Gasteiger partial charge in [0.15, 0.2) is 0 Å². The number of hydrogen-bond donors (Lipinski definition) is 0. The molecule has 18 heavy (non-hydrogen) atoms. The van der Waals surface area contributed by atoms with Gasteiger partial charge in [0.2, 0.25) is 0 Å². The van der Waals surface area contributed by atoms with Gasteiger partial charge in [-0.1, -0.05) is 54.3 Å². The fourth-order valence-corrected chi connectivity index (χ4v) is 1.96. The summed E-state index contributed by atoms with van der Waals surface area (Å²) < 4.78 is 5.82. The fraction of sp³-hybridized carbons (Fsp3) is 0.250. The van der Waals surface area contributed by atoms with E-state index < -0.39 is 0 Å². The number of rotatable bonds is 4. The molecule has 2 radical (unpaired) electrons. The van der Waals surface area contributed by atoms with Crippen LogP contribution in [-0.4, -0.2) is 7.85 Å². The van der Waals surface area contributed by atoms with Crippen molar-refractivity contribution in [2.45, 2.75) is 26.9 Å². The van der Waals surface area contributed by atoms with Gasteiger partial charge in [0, 0.05) is 0 Å². The lowest BCUT2D eigenvalue weighted by molar-refractivity contribution is 0.304. The average Bonchev–Trinajstić information content (AvgIpc) is 2.40. The van der Waals surface area contributed by atoms with Crippen molar-refractivity contribution in [2.24, 2.45) is 0 Å². The molecule has 2 aromatic carbocycles. The summed E-state index contributed by atoms with van der Waals surface area (Å²) in [7, 11) is 5.99. The summed E-state index contributed by atoms with van der Waals surface area (Å²) in [4.78, 5) is 0. The summed E-state index contributed by atoms with van der Waals surface area (Å²) in [5.41, 5.74) is 4.29. The van der Waals surface area contributed by atoms with Crippen LogP contribution < -0.4 is 10.2 Å². The van der Waals surface area contributed by atoms with E-state index in [0.29, 0.717) is 6.61 Å². The Morgan fingerprint density at radius 1 is 1.11 bits per heavy atom. The molecule has 0 unspecified atom stereocenters. The molecule has 0 aliphatic carbocycles. The highest BCUT2D eigenvalue weighted by molar-refractivity contribution is 6.33. The molecular formula is C16H17BO. The van der Waals surface area contributed by atoms with E-state index in [-0.39, 0.29) is 0 Å². The van der Waals surface area contributed by atoms with Crippen LogP contribution in [0.2, 0.25) is 0 Å².